The Labute approximate surface area is 203 Å². The molecule has 1 heterocycles. The Morgan fingerprint density at radius 1 is 1.08 bits per heavy atom. The molecule has 0 spiro atoms. The molecule has 1 saturated heterocycles. The lowest BCUT2D eigenvalue weighted by Gasteiger charge is -2.26. The lowest BCUT2D eigenvalue weighted by Crippen LogP contribution is -2.55. The number of amides is 3. The molecule has 0 aromatic carbocycles. The number of halogens is 6. The Kier molecular flexibility index (Phi) is 9.73. The summed E-state index contributed by atoms with van der Waals surface area (Å²) in [5.74, 6) is -4.28. The van der Waals surface area contributed by atoms with Crippen LogP contribution in [-0.4, -0.2) is 73.4 Å². The number of ether oxygens (including phenoxy) is 1. The summed E-state index contributed by atoms with van der Waals surface area (Å²) in [6.45, 7) is 1.60. The minimum Gasteiger partial charge on any atom is -0.356 e. The molecule has 15 heteroatoms. The summed E-state index contributed by atoms with van der Waals surface area (Å²) in [6.07, 6.45) is -9.94. The Balaban J connectivity index is 2.06. The fourth-order valence-corrected chi connectivity index (χ4v) is 3.83. The first-order chi connectivity index (χ1) is 16.5. The van der Waals surface area contributed by atoms with Gasteiger partial charge in [0.1, 0.15) is 18.2 Å². The second-order valence-electron chi connectivity index (χ2n) is 9.46. The van der Waals surface area contributed by atoms with Crippen LogP contribution in [0.2, 0.25) is 0 Å². The largest absolute Gasteiger partial charge is 0.522 e. The second kappa shape index (κ2) is 11.8. The van der Waals surface area contributed by atoms with E-state index in [-0.39, 0.29) is 31.6 Å². The Morgan fingerprint density at radius 2 is 1.72 bits per heavy atom. The summed E-state index contributed by atoms with van der Waals surface area (Å²) in [5.41, 5.74) is -2.14. The zero-order chi connectivity index (χ0) is 27.3. The molecule has 2 aliphatic rings. The molecule has 4 N–H and O–H groups in total. The molecular weight excluding hydrogens is 502 g/mol. The number of Topliss-reactive ketones (excluding diaryl/α,β-unsaturated/α-hetero) is 1. The van der Waals surface area contributed by atoms with E-state index in [9.17, 15) is 45.5 Å². The van der Waals surface area contributed by atoms with Crippen LogP contribution in [0.4, 0.5) is 26.3 Å². The zero-order valence-corrected chi connectivity index (χ0v) is 19.8. The van der Waals surface area contributed by atoms with Crippen molar-refractivity contribution in [3.8, 4) is 0 Å². The van der Waals surface area contributed by atoms with Crippen LogP contribution < -0.4 is 21.3 Å². The van der Waals surface area contributed by atoms with Crippen molar-refractivity contribution in [1.82, 2.24) is 21.3 Å². The van der Waals surface area contributed by atoms with Crippen LogP contribution in [-0.2, 0) is 23.9 Å². The third kappa shape index (κ3) is 8.91. The van der Waals surface area contributed by atoms with Crippen LogP contribution in [0, 0.1) is 11.8 Å². The first kappa shape index (κ1) is 29.8. The number of carbonyl (C=O) groups is 4. The van der Waals surface area contributed by atoms with Crippen LogP contribution in [0.15, 0.2) is 0 Å². The minimum absolute atomic E-state index is 0.0336. The van der Waals surface area contributed by atoms with E-state index in [2.05, 4.69) is 26.0 Å². The average molecular weight is 532 g/mol. The van der Waals surface area contributed by atoms with Gasteiger partial charge in [-0.1, -0.05) is 13.8 Å². The van der Waals surface area contributed by atoms with Crippen LogP contribution in [0.1, 0.15) is 46.0 Å². The van der Waals surface area contributed by atoms with Gasteiger partial charge in [-0.25, -0.2) is 0 Å². The molecule has 0 bridgehead atoms. The van der Waals surface area contributed by atoms with Gasteiger partial charge in [0.05, 0.1) is 12.6 Å². The summed E-state index contributed by atoms with van der Waals surface area (Å²) >= 11 is 0. The molecule has 36 heavy (non-hydrogen) atoms. The number of hydrogen-bond acceptors (Lipinski definition) is 6. The van der Waals surface area contributed by atoms with Crippen molar-refractivity contribution in [2.24, 2.45) is 11.8 Å². The highest BCUT2D eigenvalue weighted by Crippen LogP contribution is 2.48. The minimum atomic E-state index is -5.09. The molecular formula is C21H30F6N4O5. The molecule has 2 fully saturated rings. The normalized spacial score (nSPS) is 21.0. The van der Waals surface area contributed by atoms with Crippen molar-refractivity contribution in [1.29, 1.82) is 0 Å². The summed E-state index contributed by atoms with van der Waals surface area (Å²) in [5, 5.41) is 9.29. The van der Waals surface area contributed by atoms with E-state index in [0.29, 0.717) is 13.0 Å². The van der Waals surface area contributed by atoms with E-state index in [1.54, 1.807) is 13.8 Å². The predicted molar refractivity (Wildman–Crippen MR) is 112 cm³/mol. The van der Waals surface area contributed by atoms with Crippen molar-refractivity contribution in [2.45, 2.75) is 76.1 Å². The lowest BCUT2D eigenvalue weighted by molar-refractivity contribution is -0.321. The molecule has 3 atom stereocenters. The molecule has 206 valence electrons. The first-order valence-corrected chi connectivity index (χ1v) is 11.5. The van der Waals surface area contributed by atoms with Gasteiger partial charge in [0, 0.05) is 12.5 Å². The van der Waals surface area contributed by atoms with E-state index in [4.69, 9.17) is 0 Å². The number of nitrogens with one attached hydrogen (secondary N) is 4. The molecule has 1 aliphatic carbocycles. The molecule has 0 aromatic heterocycles. The predicted octanol–water partition coefficient (Wildman–Crippen LogP) is 1.32. The van der Waals surface area contributed by atoms with Crippen LogP contribution in [0.3, 0.4) is 0 Å². The summed E-state index contributed by atoms with van der Waals surface area (Å²) in [4.78, 5) is 49.5. The van der Waals surface area contributed by atoms with Crippen molar-refractivity contribution in [3.05, 3.63) is 0 Å². The van der Waals surface area contributed by atoms with E-state index in [1.165, 1.54) is 0 Å². The highest BCUT2D eigenvalue weighted by molar-refractivity contribution is 5.94. The van der Waals surface area contributed by atoms with Crippen molar-refractivity contribution in [3.63, 3.8) is 0 Å². The highest BCUT2D eigenvalue weighted by atomic mass is 19.4. The fourth-order valence-electron chi connectivity index (χ4n) is 3.83. The summed E-state index contributed by atoms with van der Waals surface area (Å²) in [6, 6.07) is -2.80. The molecule has 2 rings (SSSR count). The van der Waals surface area contributed by atoms with Crippen LogP contribution >= 0.6 is 0 Å². The number of alkyl halides is 6. The van der Waals surface area contributed by atoms with Gasteiger partial charge in [0.25, 0.3) is 0 Å². The van der Waals surface area contributed by atoms with Gasteiger partial charge in [-0.15, -0.1) is 13.2 Å². The maximum atomic E-state index is 13.1. The quantitative estimate of drug-likeness (QED) is 0.265. The standard InChI is InChI=1S/C21H30F6N4O5/c1-11(2)7-14(30-16(33)9-29-19(4-5-19)20(22,23)24)18(35)31-13(8-12-3-6-28-17(12)34)15(32)10-36-21(25,26)27/h11-14,29H,3-10H2,1-2H3,(H,28,34)(H,30,33)(H,31,35)/t12-,13-,14-/m0/s1. The maximum Gasteiger partial charge on any atom is 0.522 e. The third-order valence-corrected chi connectivity index (χ3v) is 6.01. The number of carbonyl (C=O) groups excluding carboxylic acids is 4. The summed E-state index contributed by atoms with van der Waals surface area (Å²) < 4.78 is 80.0. The molecule has 0 aromatic rings. The average Bonchev–Trinajstić information content (AvgIpc) is 3.45. The number of ketones is 1. The maximum absolute atomic E-state index is 13.1. The lowest BCUT2D eigenvalue weighted by atomic mass is 9.95. The van der Waals surface area contributed by atoms with Gasteiger partial charge in [0.15, 0.2) is 5.78 Å². The van der Waals surface area contributed by atoms with Crippen LogP contribution in [0.5, 0.6) is 0 Å². The van der Waals surface area contributed by atoms with Crippen molar-refractivity contribution < 1.29 is 50.3 Å². The third-order valence-electron chi connectivity index (χ3n) is 6.01. The van der Waals surface area contributed by atoms with Gasteiger partial charge in [0.2, 0.25) is 17.7 Å². The highest BCUT2D eigenvalue weighted by Gasteiger charge is 2.63. The number of hydrogen-bond donors (Lipinski definition) is 4. The molecule has 9 nitrogen and oxygen atoms in total. The van der Waals surface area contributed by atoms with E-state index < -0.39 is 72.7 Å². The van der Waals surface area contributed by atoms with E-state index in [0.717, 1.165) is 0 Å². The monoisotopic (exact) mass is 532 g/mol. The van der Waals surface area contributed by atoms with Crippen LogP contribution in [0.25, 0.3) is 0 Å². The molecule has 0 radical (unpaired) electrons. The fraction of sp³-hybridized carbons (Fsp3) is 0.810. The van der Waals surface area contributed by atoms with Gasteiger partial charge in [-0.05, 0) is 38.0 Å². The van der Waals surface area contributed by atoms with Gasteiger partial charge in [-0.3, -0.25) is 29.2 Å². The number of rotatable bonds is 13. The Hall–Kier alpha value is -2.42. The van der Waals surface area contributed by atoms with Gasteiger partial charge < -0.3 is 16.0 Å². The van der Waals surface area contributed by atoms with Gasteiger partial charge in [-0.2, -0.15) is 13.2 Å². The first-order valence-electron chi connectivity index (χ1n) is 11.5. The topological polar surface area (TPSA) is 126 Å². The molecule has 0 unspecified atom stereocenters. The second-order valence-corrected chi connectivity index (χ2v) is 9.46. The Morgan fingerprint density at radius 3 is 2.19 bits per heavy atom. The van der Waals surface area contributed by atoms with Gasteiger partial charge >= 0.3 is 12.5 Å². The van der Waals surface area contributed by atoms with Crippen molar-refractivity contribution >= 4 is 23.5 Å². The summed E-state index contributed by atoms with van der Waals surface area (Å²) in [7, 11) is 0. The molecule has 1 aliphatic heterocycles. The van der Waals surface area contributed by atoms with Crippen molar-refractivity contribution in [2.75, 3.05) is 19.7 Å². The van der Waals surface area contributed by atoms with E-state index >= 15 is 0 Å². The SMILES string of the molecule is CC(C)C[C@H](NC(=O)CNC1(C(F)(F)F)CC1)C(=O)N[C@@H](C[C@@H]1CCNC1=O)C(=O)COC(F)(F)F. The smallest absolute Gasteiger partial charge is 0.356 e. The zero-order valence-electron chi connectivity index (χ0n) is 19.8. The van der Waals surface area contributed by atoms with E-state index in [1.807, 2.05) is 0 Å². The Bertz CT molecular complexity index is 829. The molecule has 3 amide bonds. The molecule has 1 saturated carbocycles.